The number of carbonyl (C=O) groups is 1. The third-order valence-corrected chi connectivity index (χ3v) is 4.22. The van der Waals surface area contributed by atoms with E-state index in [1.54, 1.807) is 0 Å². The van der Waals surface area contributed by atoms with Crippen molar-refractivity contribution in [3.05, 3.63) is 59.7 Å². The summed E-state index contributed by atoms with van der Waals surface area (Å²) in [7, 11) is 0. The van der Waals surface area contributed by atoms with Crippen LogP contribution in [0.2, 0.25) is 0 Å². The van der Waals surface area contributed by atoms with Crippen LogP contribution in [0.25, 0.3) is 0 Å². The smallest absolute Gasteiger partial charge is 0.224 e. The molecule has 0 spiro atoms. The molecular weight excluding hydrogens is 312 g/mol. The summed E-state index contributed by atoms with van der Waals surface area (Å²) >= 11 is 0. The maximum Gasteiger partial charge on any atom is 0.224 e. The highest BCUT2D eigenvalue weighted by molar-refractivity contribution is 5.91. The van der Waals surface area contributed by atoms with Crippen LogP contribution in [0, 0.1) is 6.92 Å². The summed E-state index contributed by atoms with van der Waals surface area (Å²) in [6.07, 6.45) is 4.63. The number of anilines is 1. The molecule has 2 aromatic carbocycles. The summed E-state index contributed by atoms with van der Waals surface area (Å²) in [5.74, 6) is 0.908. The average Bonchev–Trinajstić information content (AvgIpc) is 2.63. The zero-order valence-corrected chi connectivity index (χ0v) is 15.0. The SMILES string of the molecule is Cc1c(COc2ccccc2)cccc1NC(=O)CCCCCCN. The first-order valence-electron chi connectivity index (χ1n) is 8.97. The van der Waals surface area contributed by atoms with E-state index in [2.05, 4.69) is 5.32 Å². The lowest BCUT2D eigenvalue weighted by Crippen LogP contribution is -2.13. The number of rotatable bonds is 10. The van der Waals surface area contributed by atoms with Gasteiger partial charge in [0.05, 0.1) is 0 Å². The van der Waals surface area contributed by atoms with Gasteiger partial charge in [0.15, 0.2) is 0 Å². The third-order valence-electron chi connectivity index (χ3n) is 4.22. The van der Waals surface area contributed by atoms with Gasteiger partial charge in [-0.2, -0.15) is 0 Å². The fourth-order valence-corrected chi connectivity index (χ4v) is 2.65. The molecule has 25 heavy (non-hydrogen) atoms. The van der Waals surface area contributed by atoms with Crippen molar-refractivity contribution < 1.29 is 9.53 Å². The molecule has 0 unspecified atom stereocenters. The van der Waals surface area contributed by atoms with Gasteiger partial charge in [0.25, 0.3) is 0 Å². The Morgan fingerprint density at radius 1 is 1.00 bits per heavy atom. The van der Waals surface area contributed by atoms with Gasteiger partial charge in [-0.1, -0.05) is 43.2 Å². The number of amides is 1. The summed E-state index contributed by atoms with van der Waals surface area (Å²) in [4.78, 5) is 12.1. The first kappa shape index (κ1) is 19.0. The van der Waals surface area contributed by atoms with E-state index in [-0.39, 0.29) is 5.91 Å². The lowest BCUT2D eigenvalue weighted by molar-refractivity contribution is -0.116. The average molecular weight is 340 g/mol. The Morgan fingerprint density at radius 2 is 1.76 bits per heavy atom. The largest absolute Gasteiger partial charge is 0.489 e. The number of hydrogen-bond acceptors (Lipinski definition) is 3. The van der Waals surface area contributed by atoms with Gasteiger partial charge >= 0.3 is 0 Å². The van der Waals surface area contributed by atoms with Crippen LogP contribution in [0.1, 0.15) is 43.2 Å². The van der Waals surface area contributed by atoms with E-state index in [0.29, 0.717) is 13.0 Å². The van der Waals surface area contributed by atoms with Crippen molar-refractivity contribution in [2.24, 2.45) is 5.73 Å². The number of hydrogen-bond donors (Lipinski definition) is 2. The van der Waals surface area contributed by atoms with E-state index < -0.39 is 0 Å². The molecule has 0 atom stereocenters. The van der Waals surface area contributed by atoms with Crippen molar-refractivity contribution in [3.63, 3.8) is 0 Å². The van der Waals surface area contributed by atoms with Gasteiger partial charge in [-0.05, 0) is 55.6 Å². The summed E-state index contributed by atoms with van der Waals surface area (Å²) in [6.45, 7) is 3.22. The van der Waals surface area contributed by atoms with Gasteiger partial charge in [-0.15, -0.1) is 0 Å². The van der Waals surface area contributed by atoms with Gasteiger partial charge in [0.1, 0.15) is 12.4 Å². The maximum absolute atomic E-state index is 12.1. The Labute approximate surface area is 150 Å². The normalized spacial score (nSPS) is 10.5. The van der Waals surface area contributed by atoms with Crippen molar-refractivity contribution in [1.82, 2.24) is 0 Å². The molecule has 0 aromatic heterocycles. The summed E-state index contributed by atoms with van der Waals surface area (Å²) in [5, 5.41) is 3.02. The fraction of sp³-hybridized carbons (Fsp3) is 0.381. The molecule has 2 rings (SSSR count). The van der Waals surface area contributed by atoms with E-state index >= 15 is 0 Å². The minimum absolute atomic E-state index is 0.0666. The summed E-state index contributed by atoms with van der Waals surface area (Å²) in [6, 6.07) is 15.7. The van der Waals surface area contributed by atoms with Gasteiger partial charge in [-0.25, -0.2) is 0 Å². The molecule has 0 saturated heterocycles. The minimum Gasteiger partial charge on any atom is -0.489 e. The van der Waals surface area contributed by atoms with E-state index in [1.165, 1.54) is 0 Å². The van der Waals surface area contributed by atoms with Gasteiger partial charge in [-0.3, -0.25) is 4.79 Å². The molecule has 0 aliphatic heterocycles. The first-order chi connectivity index (χ1) is 12.2. The molecule has 0 aliphatic rings. The van der Waals surface area contributed by atoms with Crippen LogP contribution in [0.15, 0.2) is 48.5 Å². The number of nitrogens with one attached hydrogen (secondary N) is 1. The van der Waals surface area contributed by atoms with E-state index in [0.717, 1.165) is 54.8 Å². The molecule has 4 heteroatoms. The van der Waals surface area contributed by atoms with Crippen molar-refractivity contribution in [2.75, 3.05) is 11.9 Å². The Morgan fingerprint density at radius 3 is 2.52 bits per heavy atom. The highest BCUT2D eigenvalue weighted by Crippen LogP contribution is 2.21. The Hall–Kier alpha value is -2.33. The molecule has 0 radical (unpaired) electrons. The molecule has 0 bridgehead atoms. The second-order valence-electron chi connectivity index (χ2n) is 6.19. The van der Waals surface area contributed by atoms with Crippen LogP contribution in [0.3, 0.4) is 0 Å². The number of para-hydroxylation sites is 1. The molecule has 3 N–H and O–H groups in total. The number of nitrogens with two attached hydrogens (primary N) is 1. The monoisotopic (exact) mass is 340 g/mol. The molecule has 0 fully saturated rings. The van der Waals surface area contributed by atoms with Crippen LogP contribution in [0.5, 0.6) is 5.75 Å². The second kappa shape index (κ2) is 10.5. The molecule has 2 aromatic rings. The van der Waals surface area contributed by atoms with E-state index in [1.807, 2.05) is 55.5 Å². The van der Waals surface area contributed by atoms with Crippen LogP contribution >= 0.6 is 0 Å². The van der Waals surface area contributed by atoms with Gasteiger partial charge in [0.2, 0.25) is 5.91 Å². The van der Waals surface area contributed by atoms with Gasteiger partial charge < -0.3 is 15.8 Å². The van der Waals surface area contributed by atoms with E-state index in [9.17, 15) is 4.79 Å². The van der Waals surface area contributed by atoms with Crippen molar-refractivity contribution >= 4 is 11.6 Å². The number of carbonyl (C=O) groups excluding carboxylic acids is 1. The lowest BCUT2D eigenvalue weighted by atomic mass is 10.1. The van der Waals surface area contributed by atoms with Crippen LogP contribution in [-0.2, 0) is 11.4 Å². The van der Waals surface area contributed by atoms with E-state index in [4.69, 9.17) is 10.5 Å². The molecule has 0 saturated carbocycles. The van der Waals surface area contributed by atoms with Gasteiger partial charge in [0, 0.05) is 12.1 Å². The predicted molar refractivity (Wildman–Crippen MR) is 103 cm³/mol. The highest BCUT2D eigenvalue weighted by Gasteiger charge is 2.08. The maximum atomic E-state index is 12.1. The topological polar surface area (TPSA) is 64.3 Å². The summed E-state index contributed by atoms with van der Waals surface area (Å²) < 4.78 is 5.81. The number of benzene rings is 2. The van der Waals surface area contributed by atoms with Crippen LogP contribution < -0.4 is 15.8 Å². The second-order valence-corrected chi connectivity index (χ2v) is 6.19. The number of unbranched alkanes of at least 4 members (excludes halogenated alkanes) is 3. The zero-order chi connectivity index (χ0) is 17.9. The molecule has 0 aliphatic carbocycles. The van der Waals surface area contributed by atoms with Crippen molar-refractivity contribution in [1.29, 1.82) is 0 Å². The van der Waals surface area contributed by atoms with Crippen LogP contribution in [-0.4, -0.2) is 12.5 Å². The summed E-state index contributed by atoms with van der Waals surface area (Å²) in [5.41, 5.74) is 8.46. The number of ether oxygens (including phenoxy) is 1. The highest BCUT2D eigenvalue weighted by atomic mass is 16.5. The lowest BCUT2D eigenvalue weighted by Gasteiger charge is -2.13. The van der Waals surface area contributed by atoms with Crippen molar-refractivity contribution in [2.45, 2.75) is 45.6 Å². The zero-order valence-electron chi connectivity index (χ0n) is 15.0. The fourth-order valence-electron chi connectivity index (χ4n) is 2.65. The predicted octanol–water partition coefficient (Wildman–Crippen LogP) is 4.42. The molecule has 4 nitrogen and oxygen atoms in total. The third kappa shape index (κ3) is 6.59. The standard InChI is InChI=1S/C21H28N2O2/c1-17-18(16-25-19-11-5-4-6-12-19)10-9-13-20(17)23-21(24)14-7-2-3-8-15-22/h4-6,9-13H,2-3,7-8,14-16,22H2,1H3,(H,23,24). The Balaban J connectivity index is 1.86. The molecule has 1 amide bonds. The molecule has 0 heterocycles. The first-order valence-corrected chi connectivity index (χ1v) is 8.97. The quantitative estimate of drug-likeness (QED) is 0.629. The van der Waals surface area contributed by atoms with Crippen molar-refractivity contribution in [3.8, 4) is 5.75 Å². The molecular formula is C21H28N2O2. The minimum atomic E-state index is 0.0666. The Kier molecular flexibility index (Phi) is 7.99. The Bertz CT molecular complexity index is 656. The van der Waals surface area contributed by atoms with Crippen LogP contribution in [0.4, 0.5) is 5.69 Å². The molecule has 134 valence electrons.